The van der Waals surface area contributed by atoms with Gasteiger partial charge >= 0.3 is 23.8 Å². The van der Waals surface area contributed by atoms with E-state index in [4.69, 9.17) is 21.1 Å². The SMILES string of the molecule is Cl.N[C@@]1(C(=O)O)C[C@@H](C(=O)O)N(C(=O)C(=O)O)C1. The lowest BCUT2D eigenvalue weighted by Gasteiger charge is -2.19. The predicted octanol–water partition coefficient (Wildman–Crippen LogP) is -2.04. The van der Waals surface area contributed by atoms with Crippen LogP contribution >= 0.6 is 12.4 Å². The van der Waals surface area contributed by atoms with Crippen LogP contribution in [0.4, 0.5) is 0 Å². The Hall–Kier alpha value is -1.87. The zero-order chi connectivity index (χ0) is 13.4. The van der Waals surface area contributed by atoms with E-state index in [1.807, 2.05) is 0 Å². The van der Waals surface area contributed by atoms with E-state index in [2.05, 4.69) is 0 Å². The number of nitrogens with two attached hydrogens (primary N) is 1. The molecule has 0 aliphatic carbocycles. The van der Waals surface area contributed by atoms with Gasteiger partial charge in [0.2, 0.25) is 0 Å². The summed E-state index contributed by atoms with van der Waals surface area (Å²) in [5.41, 5.74) is 3.47. The topological polar surface area (TPSA) is 158 Å². The molecule has 1 heterocycles. The highest BCUT2D eigenvalue weighted by Crippen LogP contribution is 2.26. The molecule has 1 saturated heterocycles. The number of carboxylic acids is 3. The normalized spacial score (nSPS) is 26.3. The fourth-order valence-corrected chi connectivity index (χ4v) is 1.65. The Kier molecular flexibility index (Phi) is 4.65. The highest BCUT2D eigenvalue weighted by Gasteiger charge is 2.52. The summed E-state index contributed by atoms with van der Waals surface area (Å²) in [6, 6.07) is -1.54. The van der Waals surface area contributed by atoms with Crippen LogP contribution in [0.1, 0.15) is 6.42 Å². The van der Waals surface area contributed by atoms with Gasteiger partial charge in [0.15, 0.2) is 0 Å². The average Bonchev–Trinajstić information content (AvgIpc) is 2.56. The maximum absolute atomic E-state index is 11.2. The number of carboxylic acid groups (broad SMARTS) is 3. The number of carbonyl (C=O) groups excluding carboxylic acids is 1. The van der Waals surface area contributed by atoms with Crippen molar-refractivity contribution in [3.05, 3.63) is 0 Å². The van der Waals surface area contributed by atoms with Crippen LogP contribution < -0.4 is 5.73 Å². The molecule has 0 aromatic rings. The van der Waals surface area contributed by atoms with Crippen LogP contribution in [-0.4, -0.2) is 62.2 Å². The third-order valence-electron chi connectivity index (χ3n) is 2.54. The molecule has 0 bridgehead atoms. The summed E-state index contributed by atoms with van der Waals surface area (Å²) in [4.78, 5) is 43.7. The van der Waals surface area contributed by atoms with Gasteiger partial charge in [0.1, 0.15) is 11.6 Å². The quantitative estimate of drug-likeness (QED) is 0.422. The lowest BCUT2D eigenvalue weighted by Crippen LogP contribution is -2.51. The minimum absolute atomic E-state index is 0. The predicted molar refractivity (Wildman–Crippen MR) is 57.2 cm³/mol. The zero-order valence-corrected chi connectivity index (χ0v) is 9.72. The maximum atomic E-state index is 11.2. The number of likely N-dealkylation sites (tertiary alicyclic amines) is 1. The molecule has 0 unspecified atom stereocenters. The van der Waals surface area contributed by atoms with E-state index in [0.29, 0.717) is 4.90 Å². The lowest BCUT2D eigenvalue weighted by molar-refractivity contribution is -0.159. The number of aliphatic carboxylic acids is 3. The fourth-order valence-electron chi connectivity index (χ4n) is 1.65. The summed E-state index contributed by atoms with van der Waals surface area (Å²) in [6.45, 7) is -0.648. The number of hydrogen-bond donors (Lipinski definition) is 4. The van der Waals surface area contributed by atoms with Crippen molar-refractivity contribution in [2.75, 3.05) is 6.54 Å². The molecule has 1 amide bonds. The summed E-state index contributed by atoms with van der Waals surface area (Å²) in [7, 11) is 0. The van der Waals surface area contributed by atoms with Crippen molar-refractivity contribution >= 4 is 36.2 Å². The van der Waals surface area contributed by atoms with Gasteiger partial charge in [-0.25, -0.2) is 9.59 Å². The Morgan fingerprint density at radius 3 is 2.00 bits per heavy atom. The summed E-state index contributed by atoms with van der Waals surface area (Å²) in [6.07, 6.45) is -0.531. The van der Waals surface area contributed by atoms with Crippen molar-refractivity contribution in [1.29, 1.82) is 0 Å². The van der Waals surface area contributed by atoms with Crippen molar-refractivity contribution in [2.24, 2.45) is 5.73 Å². The minimum Gasteiger partial charge on any atom is -0.480 e. The largest absolute Gasteiger partial charge is 0.480 e. The van der Waals surface area contributed by atoms with Crippen LogP contribution in [0.5, 0.6) is 0 Å². The van der Waals surface area contributed by atoms with Crippen LogP contribution in [-0.2, 0) is 19.2 Å². The van der Waals surface area contributed by atoms with Gasteiger partial charge in [-0.15, -0.1) is 12.4 Å². The van der Waals surface area contributed by atoms with E-state index < -0.39 is 48.4 Å². The molecule has 10 heteroatoms. The highest BCUT2D eigenvalue weighted by atomic mass is 35.5. The molecule has 1 rings (SSSR count). The molecule has 18 heavy (non-hydrogen) atoms. The standard InChI is InChI=1S/C8H10N2O7.ClH/c9-8(7(16)17)1-3(5(12)13)10(2-8)4(11)6(14)15;/h3H,1-2,9H2,(H,12,13)(H,14,15)(H,16,17);1H/t3-,8-;/m0./s1. The van der Waals surface area contributed by atoms with E-state index in [0.717, 1.165) is 0 Å². The molecule has 2 atom stereocenters. The molecular weight excluding hydrogens is 272 g/mol. The van der Waals surface area contributed by atoms with Crippen molar-refractivity contribution in [2.45, 2.75) is 18.0 Å². The second kappa shape index (κ2) is 5.19. The van der Waals surface area contributed by atoms with Crippen LogP contribution in [0.3, 0.4) is 0 Å². The molecule has 1 aliphatic heterocycles. The van der Waals surface area contributed by atoms with E-state index >= 15 is 0 Å². The molecule has 5 N–H and O–H groups in total. The van der Waals surface area contributed by atoms with Gasteiger partial charge in [0.25, 0.3) is 0 Å². The molecule has 0 aromatic carbocycles. The van der Waals surface area contributed by atoms with E-state index in [1.54, 1.807) is 0 Å². The smallest absolute Gasteiger partial charge is 0.394 e. The number of carbonyl (C=O) groups is 4. The second-order valence-corrected chi connectivity index (χ2v) is 3.76. The van der Waals surface area contributed by atoms with Gasteiger partial charge in [-0.3, -0.25) is 9.59 Å². The molecule has 102 valence electrons. The van der Waals surface area contributed by atoms with Crippen LogP contribution in [0, 0.1) is 0 Å². The number of hydrogen-bond acceptors (Lipinski definition) is 5. The molecular formula is C8H11ClN2O7. The summed E-state index contributed by atoms with van der Waals surface area (Å²) in [5, 5.41) is 26.1. The molecule has 0 spiro atoms. The molecule has 0 aromatic heterocycles. The first-order valence-corrected chi connectivity index (χ1v) is 4.48. The van der Waals surface area contributed by atoms with Gasteiger partial charge < -0.3 is 26.0 Å². The van der Waals surface area contributed by atoms with Gasteiger partial charge in [-0.05, 0) is 0 Å². The fraction of sp³-hybridized carbons (Fsp3) is 0.500. The number of nitrogens with zero attached hydrogens (tertiary/aromatic N) is 1. The lowest BCUT2D eigenvalue weighted by atomic mass is 9.98. The van der Waals surface area contributed by atoms with Gasteiger partial charge in [0, 0.05) is 6.42 Å². The van der Waals surface area contributed by atoms with Crippen LogP contribution in [0.15, 0.2) is 0 Å². The first kappa shape index (κ1) is 16.1. The summed E-state index contributed by atoms with van der Waals surface area (Å²) >= 11 is 0. The van der Waals surface area contributed by atoms with E-state index in [1.165, 1.54) is 0 Å². The third kappa shape index (κ3) is 2.68. The number of halogens is 1. The maximum Gasteiger partial charge on any atom is 0.394 e. The minimum atomic E-state index is -1.94. The van der Waals surface area contributed by atoms with Crippen molar-refractivity contribution in [3.8, 4) is 0 Å². The highest BCUT2D eigenvalue weighted by molar-refractivity contribution is 6.32. The number of amides is 1. The zero-order valence-electron chi connectivity index (χ0n) is 8.90. The first-order chi connectivity index (χ1) is 7.69. The Balaban J connectivity index is 0.00000289. The Morgan fingerprint density at radius 1 is 1.17 bits per heavy atom. The van der Waals surface area contributed by atoms with E-state index in [-0.39, 0.29) is 12.4 Å². The molecule has 1 aliphatic rings. The first-order valence-electron chi connectivity index (χ1n) is 4.48. The molecule has 9 nitrogen and oxygen atoms in total. The van der Waals surface area contributed by atoms with Crippen LogP contribution in [0.25, 0.3) is 0 Å². The number of rotatable bonds is 2. The van der Waals surface area contributed by atoms with Crippen LogP contribution in [0.2, 0.25) is 0 Å². The third-order valence-corrected chi connectivity index (χ3v) is 2.54. The van der Waals surface area contributed by atoms with E-state index in [9.17, 15) is 19.2 Å². The van der Waals surface area contributed by atoms with Crippen molar-refractivity contribution in [1.82, 2.24) is 4.90 Å². The Labute approximate surface area is 107 Å². The van der Waals surface area contributed by atoms with Crippen molar-refractivity contribution in [3.63, 3.8) is 0 Å². The Bertz CT molecular complexity index is 412. The summed E-state index contributed by atoms with van der Waals surface area (Å²) in [5.74, 6) is -6.31. The second-order valence-electron chi connectivity index (χ2n) is 3.76. The monoisotopic (exact) mass is 282 g/mol. The van der Waals surface area contributed by atoms with Gasteiger partial charge in [-0.2, -0.15) is 0 Å². The van der Waals surface area contributed by atoms with Crippen molar-refractivity contribution < 1.29 is 34.5 Å². The molecule has 0 saturated carbocycles. The average molecular weight is 283 g/mol. The molecule has 0 radical (unpaired) electrons. The molecule has 1 fully saturated rings. The van der Waals surface area contributed by atoms with Gasteiger partial charge in [-0.1, -0.05) is 0 Å². The Morgan fingerprint density at radius 2 is 1.67 bits per heavy atom. The van der Waals surface area contributed by atoms with Gasteiger partial charge in [0.05, 0.1) is 6.54 Å². The summed E-state index contributed by atoms with van der Waals surface area (Å²) < 4.78 is 0.